The summed E-state index contributed by atoms with van der Waals surface area (Å²) in [5.41, 5.74) is 1.92. The van der Waals surface area contributed by atoms with Crippen molar-refractivity contribution in [1.82, 2.24) is 19.4 Å². The number of pyridine rings is 1. The second kappa shape index (κ2) is 6.21. The van der Waals surface area contributed by atoms with Gasteiger partial charge in [-0.3, -0.25) is 9.88 Å². The van der Waals surface area contributed by atoms with Crippen LogP contribution in [0.1, 0.15) is 32.1 Å². The van der Waals surface area contributed by atoms with E-state index in [4.69, 9.17) is 0 Å². The number of hydrogen-bond donors (Lipinski definition) is 0. The lowest BCUT2D eigenvalue weighted by Gasteiger charge is -2.37. The highest BCUT2D eigenvalue weighted by atomic mass is 15.2. The molecule has 22 heavy (non-hydrogen) atoms. The molecule has 0 aromatic carbocycles. The monoisotopic (exact) mass is 296 g/mol. The maximum Gasteiger partial charge on any atom is 0.107 e. The standard InChI is InChI=1S/C18H24N4/c1-2-9-19-16(7-1)17-13-21(14-20-17)11-12-22-10-4-8-18(22)15-5-3-6-15/h1-2,7,9,13-15,18H,3-6,8,10-12H2. The summed E-state index contributed by atoms with van der Waals surface area (Å²) in [7, 11) is 0. The second-order valence-corrected chi connectivity index (χ2v) is 6.65. The van der Waals surface area contributed by atoms with Gasteiger partial charge in [0.05, 0.1) is 12.0 Å². The number of hydrogen-bond acceptors (Lipinski definition) is 3. The summed E-state index contributed by atoms with van der Waals surface area (Å²) >= 11 is 0. The van der Waals surface area contributed by atoms with Crippen LogP contribution in [-0.2, 0) is 6.54 Å². The SMILES string of the molecule is c1ccc(-c2cn(CCN3CCCC3C3CCC3)cn2)nc1. The molecule has 1 saturated carbocycles. The van der Waals surface area contributed by atoms with E-state index in [1.54, 1.807) is 0 Å². The van der Waals surface area contributed by atoms with E-state index in [9.17, 15) is 0 Å². The van der Waals surface area contributed by atoms with E-state index in [1.807, 2.05) is 30.7 Å². The first-order chi connectivity index (χ1) is 10.9. The third-order valence-electron chi connectivity index (χ3n) is 5.31. The van der Waals surface area contributed by atoms with Crippen molar-refractivity contribution in [3.63, 3.8) is 0 Å². The molecule has 4 rings (SSSR count). The lowest BCUT2D eigenvalue weighted by atomic mass is 9.79. The van der Waals surface area contributed by atoms with Crippen LogP contribution in [0.4, 0.5) is 0 Å². The van der Waals surface area contributed by atoms with Gasteiger partial charge >= 0.3 is 0 Å². The van der Waals surface area contributed by atoms with E-state index < -0.39 is 0 Å². The van der Waals surface area contributed by atoms with Gasteiger partial charge in [0.1, 0.15) is 5.69 Å². The van der Waals surface area contributed by atoms with Gasteiger partial charge in [-0.25, -0.2) is 4.98 Å². The summed E-state index contributed by atoms with van der Waals surface area (Å²) in [6.45, 7) is 3.46. The first-order valence-corrected chi connectivity index (χ1v) is 8.57. The zero-order valence-corrected chi connectivity index (χ0v) is 13.1. The van der Waals surface area contributed by atoms with Gasteiger partial charge in [0.2, 0.25) is 0 Å². The Morgan fingerprint density at radius 2 is 1.95 bits per heavy atom. The maximum absolute atomic E-state index is 4.50. The van der Waals surface area contributed by atoms with E-state index >= 15 is 0 Å². The van der Waals surface area contributed by atoms with Crippen LogP contribution in [-0.4, -0.2) is 38.6 Å². The molecule has 0 bridgehead atoms. The van der Waals surface area contributed by atoms with Crippen molar-refractivity contribution in [3.8, 4) is 11.4 Å². The van der Waals surface area contributed by atoms with Gasteiger partial charge in [-0.2, -0.15) is 0 Å². The summed E-state index contributed by atoms with van der Waals surface area (Å²) in [5, 5.41) is 0. The van der Waals surface area contributed by atoms with E-state index in [-0.39, 0.29) is 0 Å². The van der Waals surface area contributed by atoms with E-state index in [2.05, 4.69) is 25.6 Å². The Morgan fingerprint density at radius 3 is 2.73 bits per heavy atom. The Morgan fingerprint density at radius 1 is 1.00 bits per heavy atom. The number of nitrogens with zero attached hydrogens (tertiary/aromatic N) is 4. The summed E-state index contributed by atoms with van der Waals surface area (Å²) in [6, 6.07) is 6.82. The molecule has 4 heteroatoms. The Bertz CT molecular complexity index is 603. The highest BCUT2D eigenvalue weighted by Crippen LogP contribution is 2.36. The van der Waals surface area contributed by atoms with Crippen molar-refractivity contribution in [2.45, 2.75) is 44.7 Å². The molecule has 1 aliphatic carbocycles. The molecular formula is C18H24N4. The average Bonchev–Trinajstić information content (AvgIpc) is 3.14. The minimum absolute atomic E-state index is 0.854. The van der Waals surface area contributed by atoms with E-state index in [0.717, 1.165) is 36.4 Å². The first-order valence-electron chi connectivity index (χ1n) is 8.57. The predicted molar refractivity (Wildman–Crippen MR) is 87.4 cm³/mol. The minimum Gasteiger partial charge on any atom is -0.335 e. The molecule has 1 unspecified atom stereocenters. The topological polar surface area (TPSA) is 34.0 Å². The Balaban J connectivity index is 1.37. The van der Waals surface area contributed by atoms with Crippen LogP contribution in [0.5, 0.6) is 0 Å². The van der Waals surface area contributed by atoms with Crippen LogP contribution in [0.25, 0.3) is 11.4 Å². The molecule has 2 aromatic rings. The fourth-order valence-corrected chi connectivity index (χ4v) is 3.86. The maximum atomic E-state index is 4.50. The summed E-state index contributed by atoms with van der Waals surface area (Å²) < 4.78 is 2.21. The van der Waals surface area contributed by atoms with Gasteiger partial charge in [-0.15, -0.1) is 0 Å². The van der Waals surface area contributed by atoms with Gasteiger partial charge in [-0.1, -0.05) is 12.5 Å². The van der Waals surface area contributed by atoms with Gasteiger partial charge in [-0.05, 0) is 50.3 Å². The molecule has 0 amide bonds. The van der Waals surface area contributed by atoms with Crippen molar-refractivity contribution in [3.05, 3.63) is 36.9 Å². The number of aromatic nitrogens is 3. The van der Waals surface area contributed by atoms with Gasteiger partial charge < -0.3 is 4.57 Å². The lowest BCUT2D eigenvalue weighted by Crippen LogP contribution is -2.40. The predicted octanol–water partition coefficient (Wildman–Crippen LogP) is 3.21. The van der Waals surface area contributed by atoms with Crippen LogP contribution in [0, 0.1) is 5.92 Å². The Hall–Kier alpha value is -1.68. The normalized spacial score (nSPS) is 22.8. The molecular weight excluding hydrogens is 272 g/mol. The summed E-state index contributed by atoms with van der Waals surface area (Å²) in [6.07, 6.45) is 13.0. The molecule has 0 spiro atoms. The van der Waals surface area contributed by atoms with Crippen molar-refractivity contribution < 1.29 is 0 Å². The van der Waals surface area contributed by atoms with Gasteiger partial charge in [0.15, 0.2) is 0 Å². The highest BCUT2D eigenvalue weighted by Gasteiger charge is 2.34. The van der Waals surface area contributed by atoms with E-state index in [1.165, 1.54) is 38.6 Å². The molecule has 1 atom stereocenters. The molecule has 2 fully saturated rings. The highest BCUT2D eigenvalue weighted by molar-refractivity contribution is 5.52. The zero-order valence-electron chi connectivity index (χ0n) is 13.1. The first kappa shape index (κ1) is 13.9. The largest absolute Gasteiger partial charge is 0.335 e. The van der Waals surface area contributed by atoms with Crippen molar-refractivity contribution >= 4 is 0 Å². The van der Waals surface area contributed by atoms with Crippen molar-refractivity contribution in [2.75, 3.05) is 13.1 Å². The Kier molecular flexibility index (Phi) is 3.94. The fraction of sp³-hybridized carbons (Fsp3) is 0.556. The van der Waals surface area contributed by atoms with Crippen molar-refractivity contribution in [1.29, 1.82) is 0 Å². The molecule has 0 radical (unpaired) electrons. The lowest BCUT2D eigenvalue weighted by molar-refractivity contribution is 0.128. The van der Waals surface area contributed by atoms with Crippen LogP contribution in [0.3, 0.4) is 0 Å². The van der Waals surface area contributed by atoms with Gasteiger partial charge in [0.25, 0.3) is 0 Å². The number of imidazole rings is 1. The summed E-state index contributed by atoms with van der Waals surface area (Å²) in [5.74, 6) is 0.981. The fourth-order valence-electron chi connectivity index (χ4n) is 3.86. The van der Waals surface area contributed by atoms with Crippen LogP contribution in [0.15, 0.2) is 36.9 Å². The van der Waals surface area contributed by atoms with Crippen LogP contribution in [0.2, 0.25) is 0 Å². The second-order valence-electron chi connectivity index (χ2n) is 6.65. The molecule has 2 aliphatic rings. The summed E-state index contributed by atoms with van der Waals surface area (Å²) in [4.78, 5) is 11.6. The van der Waals surface area contributed by atoms with Gasteiger partial charge in [0, 0.05) is 31.5 Å². The third kappa shape index (κ3) is 2.80. The van der Waals surface area contributed by atoms with Crippen LogP contribution < -0.4 is 0 Å². The van der Waals surface area contributed by atoms with E-state index in [0.29, 0.717) is 0 Å². The quantitative estimate of drug-likeness (QED) is 0.849. The number of likely N-dealkylation sites (tertiary alicyclic amines) is 1. The molecule has 0 N–H and O–H groups in total. The molecule has 116 valence electrons. The molecule has 4 nitrogen and oxygen atoms in total. The molecule has 1 saturated heterocycles. The smallest absolute Gasteiger partial charge is 0.107 e. The molecule has 1 aliphatic heterocycles. The molecule has 2 aromatic heterocycles. The average molecular weight is 296 g/mol. The zero-order chi connectivity index (χ0) is 14.8. The Labute approximate surface area is 132 Å². The third-order valence-corrected chi connectivity index (χ3v) is 5.31. The van der Waals surface area contributed by atoms with Crippen molar-refractivity contribution in [2.24, 2.45) is 5.92 Å². The molecule has 3 heterocycles. The minimum atomic E-state index is 0.854. The van der Waals surface area contributed by atoms with Crippen LogP contribution >= 0.6 is 0 Å². The number of rotatable bonds is 5.